The smallest absolute Gasteiger partial charge is 0.177 e. The fourth-order valence-electron chi connectivity index (χ4n) is 0.620. The van der Waals surface area contributed by atoms with Crippen LogP contribution >= 0.6 is 11.6 Å². The zero-order valence-corrected chi connectivity index (χ0v) is 5.99. The van der Waals surface area contributed by atoms with Crippen LogP contribution in [0.5, 0.6) is 0 Å². The van der Waals surface area contributed by atoms with Crippen molar-refractivity contribution in [3.8, 4) is 0 Å². The van der Waals surface area contributed by atoms with Crippen LogP contribution < -0.4 is 5.48 Å². The molecule has 5 heteroatoms. The van der Waals surface area contributed by atoms with Crippen LogP contribution in [0.15, 0.2) is 12.1 Å². The molecule has 0 saturated carbocycles. The highest BCUT2D eigenvalue weighted by Gasteiger charge is 2.07. The van der Waals surface area contributed by atoms with Crippen LogP contribution in [0.1, 0.15) is 0 Å². The Morgan fingerprint density at radius 3 is 2.45 bits per heavy atom. The van der Waals surface area contributed by atoms with Crippen molar-refractivity contribution in [3.63, 3.8) is 0 Å². The van der Waals surface area contributed by atoms with Crippen LogP contribution in [-0.4, -0.2) is 5.21 Å². The Kier molecular flexibility index (Phi) is 2.26. The van der Waals surface area contributed by atoms with E-state index in [-0.39, 0.29) is 10.7 Å². The van der Waals surface area contributed by atoms with E-state index in [4.69, 9.17) is 16.8 Å². The van der Waals surface area contributed by atoms with Crippen LogP contribution in [0.25, 0.3) is 0 Å². The van der Waals surface area contributed by atoms with Gasteiger partial charge in [0, 0.05) is 6.07 Å². The van der Waals surface area contributed by atoms with Crippen LogP contribution in [0, 0.1) is 11.6 Å². The maximum absolute atomic E-state index is 12.4. The van der Waals surface area contributed by atoms with Gasteiger partial charge in [0.2, 0.25) is 0 Å². The second-order valence-corrected chi connectivity index (χ2v) is 2.27. The molecule has 1 aromatic carbocycles. The van der Waals surface area contributed by atoms with Crippen LogP contribution in [-0.2, 0) is 0 Å². The molecule has 0 heterocycles. The van der Waals surface area contributed by atoms with Crippen molar-refractivity contribution < 1.29 is 14.0 Å². The molecule has 0 fully saturated rings. The van der Waals surface area contributed by atoms with E-state index in [0.29, 0.717) is 0 Å². The topological polar surface area (TPSA) is 32.3 Å². The number of benzene rings is 1. The molecule has 1 rings (SSSR count). The number of hydrogen-bond acceptors (Lipinski definition) is 2. The molecule has 2 nitrogen and oxygen atoms in total. The molecular weight excluding hydrogens is 176 g/mol. The van der Waals surface area contributed by atoms with Gasteiger partial charge in [-0.1, -0.05) is 11.6 Å². The summed E-state index contributed by atoms with van der Waals surface area (Å²) >= 11 is 5.23. The monoisotopic (exact) mass is 179 g/mol. The lowest BCUT2D eigenvalue weighted by Gasteiger charge is -2.00. The average molecular weight is 180 g/mol. The first-order chi connectivity index (χ1) is 5.15. The lowest BCUT2D eigenvalue weighted by molar-refractivity contribution is 0.387. The van der Waals surface area contributed by atoms with Gasteiger partial charge in [-0.2, -0.15) is 0 Å². The SMILES string of the molecule is ONc1cc(F)c(F)c(Cl)c1. The molecule has 0 amide bonds. The summed E-state index contributed by atoms with van der Waals surface area (Å²) in [5.74, 6) is -2.22. The number of halogens is 3. The Hall–Kier alpha value is -0.870. The third-order valence-corrected chi connectivity index (χ3v) is 1.39. The molecule has 0 radical (unpaired) electrons. The summed E-state index contributed by atoms with van der Waals surface area (Å²) in [6.07, 6.45) is 0. The first kappa shape index (κ1) is 8.23. The number of anilines is 1. The van der Waals surface area contributed by atoms with Gasteiger partial charge in [0.05, 0.1) is 10.7 Å². The van der Waals surface area contributed by atoms with Crippen molar-refractivity contribution in [3.05, 3.63) is 28.8 Å². The van der Waals surface area contributed by atoms with Crippen molar-refractivity contribution in [1.29, 1.82) is 0 Å². The van der Waals surface area contributed by atoms with Crippen molar-refractivity contribution in [2.45, 2.75) is 0 Å². The van der Waals surface area contributed by atoms with Gasteiger partial charge >= 0.3 is 0 Å². The fourth-order valence-corrected chi connectivity index (χ4v) is 0.828. The molecule has 60 valence electrons. The van der Waals surface area contributed by atoms with Crippen LogP contribution in [0.4, 0.5) is 14.5 Å². The first-order valence-corrected chi connectivity index (χ1v) is 3.07. The molecule has 0 aromatic heterocycles. The molecule has 0 saturated heterocycles. The molecule has 2 N–H and O–H groups in total. The van der Waals surface area contributed by atoms with E-state index < -0.39 is 11.6 Å². The van der Waals surface area contributed by atoms with Gasteiger partial charge in [-0.3, -0.25) is 10.7 Å². The predicted octanol–water partition coefficient (Wildman–Crippen LogP) is 2.42. The van der Waals surface area contributed by atoms with E-state index in [9.17, 15) is 8.78 Å². The zero-order chi connectivity index (χ0) is 8.43. The van der Waals surface area contributed by atoms with Gasteiger partial charge < -0.3 is 0 Å². The molecule has 0 aliphatic rings. The number of hydrogen-bond donors (Lipinski definition) is 2. The second-order valence-electron chi connectivity index (χ2n) is 1.87. The van der Waals surface area contributed by atoms with Gasteiger partial charge in [0.1, 0.15) is 0 Å². The summed E-state index contributed by atoms with van der Waals surface area (Å²) in [6, 6.07) is 1.86. The van der Waals surface area contributed by atoms with Gasteiger partial charge in [-0.25, -0.2) is 8.78 Å². The van der Waals surface area contributed by atoms with E-state index >= 15 is 0 Å². The molecule has 0 unspecified atom stereocenters. The van der Waals surface area contributed by atoms with Crippen molar-refractivity contribution >= 4 is 17.3 Å². The molecule has 0 aliphatic carbocycles. The third kappa shape index (κ3) is 1.58. The Bertz CT molecular complexity index is 256. The zero-order valence-electron chi connectivity index (χ0n) is 5.24. The highest BCUT2D eigenvalue weighted by molar-refractivity contribution is 6.31. The lowest BCUT2D eigenvalue weighted by atomic mass is 10.3. The van der Waals surface area contributed by atoms with Crippen molar-refractivity contribution in [2.75, 3.05) is 5.48 Å². The van der Waals surface area contributed by atoms with Gasteiger partial charge in [0.15, 0.2) is 11.6 Å². The quantitative estimate of drug-likeness (QED) is 0.513. The first-order valence-electron chi connectivity index (χ1n) is 2.70. The maximum atomic E-state index is 12.4. The highest BCUT2D eigenvalue weighted by Crippen LogP contribution is 2.21. The summed E-state index contributed by atoms with van der Waals surface area (Å²) in [5, 5.41) is 7.91. The fraction of sp³-hybridized carbons (Fsp3) is 0. The molecule has 0 aliphatic heterocycles. The van der Waals surface area contributed by atoms with Crippen molar-refractivity contribution in [1.82, 2.24) is 0 Å². The van der Waals surface area contributed by atoms with E-state index in [2.05, 4.69) is 0 Å². The number of nitrogens with one attached hydrogen (secondary N) is 1. The van der Waals surface area contributed by atoms with Gasteiger partial charge in [-0.15, -0.1) is 0 Å². The minimum atomic E-state index is -1.12. The van der Waals surface area contributed by atoms with E-state index in [0.717, 1.165) is 12.1 Å². The summed E-state index contributed by atoms with van der Waals surface area (Å²) in [5.41, 5.74) is 1.65. The summed E-state index contributed by atoms with van der Waals surface area (Å²) in [7, 11) is 0. The predicted molar refractivity (Wildman–Crippen MR) is 36.8 cm³/mol. The molecule has 11 heavy (non-hydrogen) atoms. The van der Waals surface area contributed by atoms with Crippen LogP contribution in [0.2, 0.25) is 5.02 Å². The summed E-state index contributed by atoms with van der Waals surface area (Å²) in [6.45, 7) is 0. The third-order valence-electron chi connectivity index (χ3n) is 1.11. The van der Waals surface area contributed by atoms with Gasteiger partial charge in [0.25, 0.3) is 0 Å². The lowest BCUT2D eigenvalue weighted by Crippen LogP contribution is -1.92. The maximum Gasteiger partial charge on any atom is 0.177 e. The van der Waals surface area contributed by atoms with Gasteiger partial charge in [-0.05, 0) is 6.07 Å². The molecule has 0 spiro atoms. The minimum Gasteiger partial charge on any atom is -0.291 e. The second kappa shape index (κ2) is 3.02. The molecule has 0 bridgehead atoms. The summed E-state index contributed by atoms with van der Waals surface area (Å²) < 4.78 is 24.8. The normalized spacial score (nSPS) is 9.82. The van der Waals surface area contributed by atoms with E-state index in [1.54, 1.807) is 5.48 Å². The molecule has 1 aromatic rings. The Labute approximate surface area is 66.4 Å². The molecule has 0 atom stereocenters. The Balaban J connectivity index is 3.21. The minimum absolute atomic E-state index is 0.00824. The largest absolute Gasteiger partial charge is 0.291 e. The van der Waals surface area contributed by atoms with E-state index in [1.807, 2.05) is 0 Å². The van der Waals surface area contributed by atoms with Crippen LogP contribution in [0.3, 0.4) is 0 Å². The summed E-state index contributed by atoms with van der Waals surface area (Å²) in [4.78, 5) is 0. The standard InChI is InChI=1S/C6H4ClF2NO/c7-4-1-3(10-11)2-5(8)6(4)9/h1-2,10-11H. The van der Waals surface area contributed by atoms with Crippen molar-refractivity contribution in [2.24, 2.45) is 0 Å². The van der Waals surface area contributed by atoms with E-state index in [1.165, 1.54) is 0 Å². The highest BCUT2D eigenvalue weighted by atomic mass is 35.5. The Morgan fingerprint density at radius 2 is 2.00 bits per heavy atom. The average Bonchev–Trinajstić information content (AvgIpc) is 1.99. The number of rotatable bonds is 1. The Morgan fingerprint density at radius 1 is 1.36 bits per heavy atom. The molecular formula is C6H4ClF2NO.